The van der Waals surface area contributed by atoms with Crippen LogP contribution in [0.3, 0.4) is 0 Å². The second kappa shape index (κ2) is 5.42. The van der Waals surface area contributed by atoms with Gasteiger partial charge in [-0.05, 0) is 19.9 Å². The van der Waals surface area contributed by atoms with Gasteiger partial charge in [0.25, 0.3) is 5.91 Å². The number of amides is 1. The fraction of sp³-hybridized carbons (Fsp3) is 0.615. The number of hydrogen-bond acceptors (Lipinski definition) is 3. The lowest BCUT2D eigenvalue weighted by Gasteiger charge is -2.17. The van der Waals surface area contributed by atoms with Crippen LogP contribution in [0.2, 0.25) is 0 Å². The van der Waals surface area contributed by atoms with Crippen molar-refractivity contribution >= 4 is 11.9 Å². The molecule has 1 heterocycles. The van der Waals surface area contributed by atoms with Crippen molar-refractivity contribution < 1.29 is 14.7 Å². The highest BCUT2D eigenvalue weighted by molar-refractivity contribution is 5.92. The number of aromatic nitrogens is 2. The lowest BCUT2D eigenvalue weighted by molar-refractivity contribution is -0.141. The maximum atomic E-state index is 11.9. The molecule has 0 aliphatic carbocycles. The summed E-state index contributed by atoms with van der Waals surface area (Å²) in [5.74, 6) is -1.96. The molecule has 0 aromatic carbocycles. The number of aromatic amines is 1. The summed E-state index contributed by atoms with van der Waals surface area (Å²) in [7, 11) is 0. The average molecular weight is 267 g/mol. The fourth-order valence-corrected chi connectivity index (χ4v) is 1.44. The lowest BCUT2D eigenvalue weighted by atomic mass is 9.92. The summed E-state index contributed by atoms with van der Waals surface area (Å²) in [6, 6.07) is 1.23. The summed E-state index contributed by atoms with van der Waals surface area (Å²) in [5, 5.41) is 18.3. The van der Waals surface area contributed by atoms with Crippen LogP contribution in [0.25, 0.3) is 0 Å². The molecule has 0 radical (unpaired) electrons. The molecule has 0 spiro atoms. The number of rotatable bonds is 4. The Hall–Kier alpha value is -1.85. The Morgan fingerprint density at radius 2 is 1.95 bits per heavy atom. The van der Waals surface area contributed by atoms with Crippen molar-refractivity contribution in [2.45, 2.75) is 46.1 Å². The maximum absolute atomic E-state index is 11.9. The number of nitrogens with one attached hydrogen (secondary N) is 2. The van der Waals surface area contributed by atoms with E-state index >= 15 is 0 Å². The van der Waals surface area contributed by atoms with Gasteiger partial charge in [-0.2, -0.15) is 5.10 Å². The van der Waals surface area contributed by atoms with Gasteiger partial charge in [0.15, 0.2) is 0 Å². The first kappa shape index (κ1) is 15.2. The van der Waals surface area contributed by atoms with E-state index < -0.39 is 17.9 Å². The SMILES string of the molecule is CC(NC(=O)c1cc(C(C)(C)C)[nH]n1)C(C)C(=O)O. The normalized spacial score (nSPS) is 14.8. The molecule has 3 N–H and O–H groups in total. The van der Waals surface area contributed by atoms with E-state index in [1.54, 1.807) is 19.9 Å². The predicted molar refractivity (Wildman–Crippen MR) is 71.0 cm³/mol. The first-order valence-corrected chi connectivity index (χ1v) is 6.22. The Labute approximate surface area is 112 Å². The minimum Gasteiger partial charge on any atom is -0.481 e. The molecule has 106 valence electrons. The zero-order valence-electron chi connectivity index (χ0n) is 11.9. The molecule has 0 saturated heterocycles. The minimum atomic E-state index is -0.940. The third-order valence-corrected chi connectivity index (χ3v) is 3.12. The van der Waals surface area contributed by atoms with Gasteiger partial charge >= 0.3 is 5.97 Å². The quantitative estimate of drug-likeness (QED) is 0.771. The summed E-state index contributed by atoms with van der Waals surface area (Å²) < 4.78 is 0. The number of H-pyrrole nitrogens is 1. The highest BCUT2D eigenvalue weighted by atomic mass is 16.4. The third kappa shape index (κ3) is 3.81. The molecular weight excluding hydrogens is 246 g/mol. The van der Waals surface area contributed by atoms with Crippen LogP contribution in [0.5, 0.6) is 0 Å². The molecular formula is C13H21N3O3. The lowest BCUT2D eigenvalue weighted by Crippen LogP contribution is -2.40. The van der Waals surface area contributed by atoms with E-state index in [-0.39, 0.29) is 17.0 Å². The zero-order chi connectivity index (χ0) is 14.8. The van der Waals surface area contributed by atoms with Crippen LogP contribution in [0, 0.1) is 5.92 Å². The van der Waals surface area contributed by atoms with Crippen molar-refractivity contribution in [2.24, 2.45) is 5.92 Å². The van der Waals surface area contributed by atoms with Crippen LogP contribution in [-0.4, -0.2) is 33.2 Å². The van der Waals surface area contributed by atoms with Gasteiger partial charge in [-0.3, -0.25) is 14.7 Å². The van der Waals surface area contributed by atoms with E-state index in [1.807, 2.05) is 20.8 Å². The number of carboxylic acids is 1. The van der Waals surface area contributed by atoms with E-state index in [2.05, 4.69) is 15.5 Å². The monoisotopic (exact) mass is 267 g/mol. The molecule has 0 aliphatic heterocycles. The van der Waals surface area contributed by atoms with Crippen LogP contribution in [-0.2, 0) is 10.2 Å². The topological polar surface area (TPSA) is 95.1 Å². The van der Waals surface area contributed by atoms with Crippen molar-refractivity contribution in [3.63, 3.8) is 0 Å². The van der Waals surface area contributed by atoms with Crippen molar-refractivity contribution in [3.05, 3.63) is 17.5 Å². The number of carbonyl (C=O) groups is 2. The highest BCUT2D eigenvalue weighted by Crippen LogP contribution is 2.20. The van der Waals surface area contributed by atoms with Gasteiger partial charge in [-0.25, -0.2) is 0 Å². The maximum Gasteiger partial charge on any atom is 0.308 e. The Kier molecular flexibility index (Phi) is 4.34. The van der Waals surface area contributed by atoms with Gasteiger partial charge in [-0.15, -0.1) is 0 Å². The number of carbonyl (C=O) groups excluding carboxylic acids is 1. The summed E-state index contributed by atoms with van der Waals surface area (Å²) in [4.78, 5) is 22.8. The van der Waals surface area contributed by atoms with Gasteiger partial charge in [0, 0.05) is 17.2 Å². The molecule has 1 aromatic heterocycles. The molecule has 19 heavy (non-hydrogen) atoms. The first-order valence-electron chi connectivity index (χ1n) is 6.22. The number of aliphatic carboxylic acids is 1. The molecule has 1 aromatic rings. The van der Waals surface area contributed by atoms with Gasteiger partial charge < -0.3 is 10.4 Å². The molecule has 6 heteroatoms. The molecule has 0 fully saturated rings. The van der Waals surface area contributed by atoms with Crippen molar-refractivity contribution in [2.75, 3.05) is 0 Å². The molecule has 0 aliphatic rings. The summed E-state index contributed by atoms with van der Waals surface area (Å²) in [6.45, 7) is 9.25. The van der Waals surface area contributed by atoms with Crippen LogP contribution >= 0.6 is 0 Å². The third-order valence-electron chi connectivity index (χ3n) is 3.12. The average Bonchev–Trinajstić information content (AvgIpc) is 2.76. The Bertz CT molecular complexity index is 474. The molecule has 2 unspecified atom stereocenters. The molecule has 1 rings (SSSR count). The number of carboxylic acid groups (broad SMARTS) is 1. The van der Waals surface area contributed by atoms with Gasteiger partial charge in [-0.1, -0.05) is 20.8 Å². The molecule has 0 saturated carbocycles. The van der Waals surface area contributed by atoms with Crippen LogP contribution < -0.4 is 5.32 Å². The van der Waals surface area contributed by atoms with E-state index in [4.69, 9.17) is 5.11 Å². The van der Waals surface area contributed by atoms with E-state index in [0.29, 0.717) is 0 Å². The van der Waals surface area contributed by atoms with E-state index in [1.165, 1.54) is 0 Å². The predicted octanol–water partition coefficient (Wildman–Crippen LogP) is 1.55. The van der Waals surface area contributed by atoms with E-state index in [0.717, 1.165) is 5.69 Å². The molecule has 6 nitrogen and oxygen atoms in total. The van der Waals surface area contributed by atoms with Crippen LogP contribution in [0.4, 0.5) is 0 Å². The Balaban J connectivity index is 2.74. The largest absolute Gasteiger partial charge is 0.481 e. The summed E-state index contributed by atoms with van der Waals surface area (Å²) in [6.07, 6.45) is 0. The summed E-state index contributed by atoms with van der Waals surface area (Å²) in [5.41, 5.74) is 1.01. The van der Waals surface area contributed by atoms with Crippen molar-refractivity contribution in [1.29, 1.82) is 0 Å². The smallest absolute Gasteiger partial charge is 0.308 e. The molecule has 2 atom stereocenters. The minimum absolute atomic E-state index is 0.120. The standard InChI is InChI=1S/C13H21N3O3/c1-7(12(18)19)8(2)14-11(17)9-6-10(16-15-9)13(3,4)5/h6-8H,1-5H3,(H,14,17)(H,15,16)(H,18,19). The number of nitrogens with zero attached hydrogens (tertiary/aromatic N) is 1. The Morgan fingerprint density at radius 3 is 2.37 bits per heavy atom. The number of hydrogen-bond donors (Lipinski definition) is 3. The van der Waals surface area contributed by atoms with Gasteiger partial charge in [0.05, 0.1) is 5.92 Å². The second-order valence-corrected chi connectivity index (χ2v) is 5.81. The van der Waals surface area contributed by atoms with E-state index in [9.17, 15) is 9.59 Å². The highest BCUT2D eigenvalue weighted by Gasteiger charge is 2.24. The fourth-order valence-electron chi connectivity index (χ4n) is 1.44. The van der Waals surface area contributed by atoms with Gasteiger partial charge in [0.2, 0.25) is 0 Å². The van der Waals surface area contributed by atoms with Crippen LogP contribution in [0.1, 0.15) is 50.8 Å². The summed E-state index contributed by atoms with van der Waals surface area (Å²) >= 11 is 0. The zero-order valence-corrected chi connectivity index (χ0v) is 11.9. The molecule has 1 amide bonds. The van der Waals surface area contributed by atoms with Crippen LogP contribution in [0.15, 0.2) is 6.07 Å². The van der Waals surface area contributed by atoms with Gasteiger partial charge in [0.1, 0.15) is 5.69 Å². The molecule has 0 bridgehead atoms. The second-order valence-electron chi connectivity index (χ2n) is 5.81. The van der Waals surface area contributed by atoms with Crippen molar-refractivity contribution in [1.82, 2.24) is 15.5 Å². The van der Waals surface area contributed by atoms with Crippen molar-refractivity contribution in [3.8, 4) is 0 Å². The Morgan fingerprint density at radius 1 is 1.37 bits per heavy atom. The first-order chi connectivity index (χ1) is 8.62.